The van der Waals surface area contributed by atoms with Crippen LogP contribution in [0.25, 0.3) is 11.3 Å². The molecule has 8 nitrogen and oxygen atoms in total. The van der Waals surface area contributed by atoms with Gasteiger partial charge in [-0.05, 0) is 42.3 Å². The summed E-state index contributed by atoms with van der Waals surface area (Å²) in [5.41, 5.74) is 3.31. The quantitative estimate of drug-likeness (QED) is 0.330. The van der Waals surface area contributed by atoms with E-state index in [4.69, 9.17) is 4.74 Å². The maximum absolute atomic E-state index is 13.5. The Morgan fingerprint density at radius 2 is 1.60 bits per heavy atom. The number of hydrogen-bond acceptors (Lipinski definition) is 6. The van der Waals surface area contributed by atoms with E-state index in [1.165, 1.54) is 0 Å². The van der Waals surface area contributed by atoms with Gasteiger partial charge < -0.3 is 19.4 Å². The van der Waals surface area contributed by atoms with Crippen molar-refractivity contribution in [3.8, 4) is 17.0 Å². The third-order valence-electron chi connectivity index (χ3n) is 7.04. The smallest absolute Gasteiger partial charge is 0.254 e. The molecule has 1 saturated heterocycles. The fraction of sp³-hybridized carbons (Fsp3) is 0.250. The maximum atomic E-state index is 13.5. The number of benzene rings is 3. The number of carbonyl (C=O) groups is 2. The van der Waals surface area contributed by atoms with Crippen molar-refractivity contribution in [2.45, 2.75) is 13.0 Å². The van der Waals surface area contributed by atoms with Crippen LogP contribution in [0.15, 0.2) is 97.1 Å². The van der Waals surface area contributed by atoms with Gasteiger partial charge in [0.1, 0.15) is 12.3 Å². The van der Waals surface area contributed by atoms with E-state index >= 15 is 0 Å². The zero-order valence-electron chi connectivity index (χ0n) is 22.6. The van der Waals surface area contributed by atoms with E-state index in [1.807, 2.05) is 77.7 Å². The van der Waals surface area contributed by atoms with Crippen LogP contribution in [0.5, 0.6) is 5.75 Å². The van der Waals surface area contributed by atoms with Crippen LogP contribution in [0.3, 0.4) is 0 Å². The van der Waals surface area contributed by atoms with Gasteiger partial charge in [-0.1, -0.05) is 66.7 Å². The van der Waals surface area contributed by atoms with Gasteiger partial charge in [0.2, 0.25) is 5.91 Å². The van der Waals surface area contributed by atoms with Gasteiger partial charge in [0.25, 0.3) is 5.91 Å². The molecule has 204 valence electrons. The van der Waals surface area contributed by atoms with Crippen molar-refractivity contribution in [1.29, 1.82) is 0 Å². The number of anilines is 1. The fourth-order valence-electron chi connectivity index (χ4n) is 4.86. The third-order valence-corrected chi connectivity index (χ3v) is 7.04. The summed E-state index contributed by atoms with van der Waals surface area (Å²) < 4.78 is 5.31. The highest BCUT2D eigenvalue weighted by Gasteiger charge is 2.25. The summed E-state index contributed by atoms with van der Waals surface area (Å²) in [5.74, 6) is 1.12. The van der Waals surface area contributed by atoms with Crippen molar-refractivity contribution in [2.75, 3.05) is 44.7 Å². The number of aromatic nitrogens is 2. The second kappa shape index (κ2) is 12.9. The lowest BCUT2D eigenvalue weighted by atomic mass is 10.1. The highest BCUT2D eigenvalue weighted by molar-refractivity contribution is 5.96. The van der Waals surface area contributed by atoms with Crippen molar-refractivity contribution in [1.82, 2.24) is 20.0 Å². The number of hydrogen-bond donors (Lipinski definition) is 0. The van der Waals surface area contributed by atoms with Gasteiger partial charge in [0, 0.05) is 43.9 Å². The molecule has 2 amide bonds. The van der Waals surface area contributed by atoms with Crippen LogP contribution in [0.1, 0.15) is 22.3 Å². The van der Waals surface area contributed by atoms with Crippen LogP contribution >= 0.6 is 0 Å². The van der Waals surface area contributed by atoms with Gasteiger partial charge in [-0.3, -0.25) is 9.59 Å². The standard InChI is InChI=1S/C32H33N5O3/c1-40-28-15-8-14-27(22-28)32(39)37(23-25-10-4-2-5-11-25)24-31(38)36-19-9-18-35(20-21-36)30-17-16-29(33-34-30)26-12-6-3-7-13-26/h2-8,10-17,22H,9,18-21,23-24H2,1H3. The first kappa shape index (κ1) is 26.9. The summed E-state index contributed by atoms with van der Waals surface area (Å²) in [5, 5.41) is 8.89. The lowest BCUT2D eigenvalue weighted by molar-refractivity contribution is -0.131. The molecule has 1 fully saturated rings. The van der Waals surface area contributed by atoms with E-state index in [0.29, 0.717) is 37.5 Å². The Kier molecular flexibility index (Phi) is 8.66. The third kappa shape index (κ3) is 6.64. The molecule has 1 aromatic heterocycles. The molecule has 0 unspecified atom stereocenters. The molecule has 2 heterocycles. The van der Waals surface area contributed by atoms with E-state index in [0.717, 1.165) is 35.6 Å². The Morgan fingerprint density at radius 1 is 0.825 bits per heavy atom. The molecule has 0 aliphatic carbocycles. The topological polar surface area (TPSA) is 78.9 Å². The minimum Gasteiger partial charge on any atom is -0.497 e. The number of methoxy groups -OCH3 is 1. The molecule has 0 radical (unpaired) electrons. The first-order valence-corrected chi connectivity index (χ1v) is 13.5. The number of amides is 2. The average Bonchev–Trinajstić information content (AvgIpc) is 3.28. The molecule has 0 atom stereocenters. The first-order chi connectivity index (χ1) is 19.6. The SMILES string of the molecule is COc1cccc(C(=O)N(CC(=O)N2CCCN(c3ccc(-c4ccccc4)nn3)CC2)Cc2ccccc2)c1. The summed E-state index contributed by atoms with van der Waals surface area (Å²) in [6, 6.07) is 30.7. The molecule has 0 spiro atoms. The van der Waals surface area contributed by atoms with Crippen molar-refractivity contribution < 1.29 is 14.3 Å². The van der Waals surface area contributed by atoms with Crippen molar-refractivity contribution in [2.24, 2.45) is 0 Å². The number of ether oxygens (including phenoxy) is 1. The molecule has 0 N–H and O–H groups in total. The predicted molar refractivity (Wildman–Crippen MR) is 155 cm³/mol. The molecule has 0 bridgehead atoms. The predicted octanol–water partition coefficient (Wildman–Crippen LogP) is 4.53. The fourth-order valence-corrected chi connectivity index (χ4v) is 4.86. The Balaban J connectivity index is 1.25. The lowest BCUT2D eigenvalue weighted by Crippen LogP contribution is -2.44. The summed E-state index contributed by atoms with van der Waals surface area (Å²) in [7, 11) is 1.57. The normalized spacial score (nSPS) is 13.4. The van der Waals surface area contributed by atoms with Gasteiger partial charge in [0.05, 0.1) is 12.8 Å². The highest BCUT2D eigenvalue weighted by Crippen LogP contribution is 2.20. The van der Waals surface area contributed by atoms with Crippen LogP contribution in [-0.4, -0.2) is 71.6 Å². The van der Waals surface area contributed by atoms with Crippen molar-refractivity contribution >= 4 is 17.6 Å². The molecule has 8 heteroatoms. The van der Waals surface area contributed by atoms with Crippen LogP contribution in [0.4, 0.5) is 5.82 Å². The summed E-state index contributed by atoms with van der Waals surface area (Å²) in [6.07, 6.45) is 0.802. The van der Waals surface area contributed by atoms with Gasteiger partial charge in [-0.2, -0.15) is 0 Å². The van der Waals surface area contributed by atoms with Crippen molar-refractivity contribution in [3.63, 3.8) is 0 Å². The molecular formula is C32H33N5O3. The van der Waals surface area contributed by atoms with E-state index in [-0.39, 0.29) is 18.4 Å². The minimum atomic E-state index is -0.207. The average molecular weight is 536 g/mol. The highest BCUT2D eigenvalue weighted by atomic mass is 16.5. The van der Waals surface area contributed by atoms with Gasteiger partial charge >= 0.3 is 0 Å². The van der Waals surface area contributed by atoms with E-state index in [9.17, 15) is 9.59 Å². The van der Waals surface area contributed by atoms with E-state index < -0.39 is 0 Å². The molecule has 5 rings (SSSR count). The Labute approximate surface area is 234 Å². The summed E-state index contributed by atoms with van der Waals surface area (Å²) in [4.78, 5) is 32.7. The minimum absolute atomic E-state index is 0.00346. The molecule has 0 saturated carbocycles. The van der Waals surface area contributed by atoms with Crippen LogP contribution < -0.4 is 9.64 Å². The Hall–Kier alpha value is -4.72. The zero-order valence-corrected chi connectivity index (χ0v) is 22.6. The zero-order chi connectivity index (χ0) is 27.7. The Morgan fingerprint density at radius 3 is 2.33 bits per heavy atom. The molecule has 3 aromatic carbocycles. The molecule has 4 aromatic rings. The van der Waals surface area contributed by atoms with Gasteiger partial charge in [-0.25, -0.2) is 0 Å². The largest absolute Gasteiger partial charge is 0.497 e. The van der Waals surface area contributed by atoms with E-state index in [2.05, 4.69) is 15.1 Å². The lowest BCUT2D eigenvalue weighted by Gasteiger charge is -2.27. The molecule has 1 aliphatic rings. The Bertz CT molecular complexity index is 1410. The number of rotatable bonds is 8. The second-order valence-corrected chi connectivity index (χ2v) is 9.74. The van der Waals surface area contributed by atoms with Crippen molar-refractivity contribution in [3.05, 3.63) is 108 Å². The summed E-state index contributed by atoms with van der Waals surface area (Å²) in [6.45, 7) is 2.93. The van der Waals surface area contributed by atoms with Gasteiger partial charge in [-0.15, -0.1) is 10.2 Å². The molecule has 1 aliphatic heterocycles. The van der Waals surface area contributed by atoms with Crippen LogP contribution in [0.2, 0.25) is 0 Å². The monoisotopic (exact) mass is 535 g/mol. The number of carbonyl (C=O) groups excluding carboxylic acids is 2. The first-order valence-electron chi connectivity index (χ1n) is 13.5. The van der Waals surface area contributed by atoms with Crippen LogP contribution in [0, 0.1) is 0 Å². The number of nitrogens with zero attached hydrogens (tertiary/aromatic N) is 5. The molecular weight excluding hydrogens is 502 g/mol. The van der Waals surface area contributed by atoms with E-state index in [1.54, 1.807) is 36.3 Å². The maximum Gasteiger partial charge on any atom is 0.254 e. The van der Waals surface area contributed by atoms with Crippen LogP contribution in [-0.2, 0) is 11.3 Å². The molecule has 40 heavy (non-hydrogen) atoms. The van der Waals surface area contributed by atoms with Gasteiger partial charge in [0.15, 0.2) is 5.82 Å². The second-order valence-electron chi connectivity index (χ2n) is 9.74. The summed E-state index contributed by atoms with van der Waals surface area (Å²) >= 11 is 0.